The van der Waals surface area contributed by atoms with Crippen LogP contribution in [0.5, 0.6) is 0 Å². The Kier molecular flexibility index (Phi) is 3.64. The number of carbonyl (C=O) groups is 1. The van der Waals surface area contributed by atoms with Crippen molar-refractivity contribution < 1.29 is 18.0 Å². The number of thioether (sulfide) groups is 1. The van der Waals surface area contributed by atoms with E-state index in [1.165, 1.54) is 0 Å². The Hall–Kier alpha value is -0.190. The summed E-state index contributed by atoms with van der Waals surface area (Å²) in [6, 6.07) is 0. The van der Waals surface area contributed by atoms with Gasteiger partial charge < -0.3 is 0 Å². The number of carbonyl (C=O) groups excluding carboxylic acids is 1. The number of hydrogen-bond donors (Lipinski definition) is 0. The molecular weight excluding hydrogens is 201 g/mol. The first kappa shape index (κ1) is 10.9. The number of hydrogen-bond acceptors (Lipinski definition) is 2. The average molecular weight is 212 g/mol. The highest BCUT2D eigenvalue weighted by Crippen LogP contribution is 2.30. The standard InChI is InChI=1S/C8H11F3OS/c9-8(10,11)7(12)5-13-6-3-1-2-4-6/h6H,1-5H2. The van der Waals surface area contributed by atoms with E-state index in [0.29, 0.717) is 0 Å². The monoisotopic (exact) mass is 212 g/mol. The van der Waals surface area contributed by atoms with Gasteiger partial charge in [0.25, 0.3) is 0 Å². The summed E-state index contributed by atoms with van der Waals surface area (Å²) in [5.74, 6) is -2.02. The highest BCUT2D eigenvalue weighted by Gasteiger charge is 2.38. The number of Topliss-reactive ketones (excluding diaryl/α,β-unsaturated/α-hetero) is 1. The predicted molar refractivity (Wildman–Crippen MR) is 45.8 cm³/mol. The zero-order valence-corrected chi connectivity index (χ0v) is 7.88. The molecule has 0 unspecified atom stereocenters. The smallest absolute Gasteiger partial charge is 0.289 e. The molecule has 5 heteroatoms. The average Bonchev–Trinajstić information content (AvgIpc) is 2.50. The third kappa shape index (κ3) is 3.58. The summed E-state index contributed by atoms with van der Waals surface area (Å²) >= 11 is 1.15. The summed E-state index contributed by atoms with van der Waals surface area (Å²) in [5.41, 5.74) is 0. The lowest BCUT2D eigenvalue weighted by Crippen LogP contribution is -2.25. The van der Waals surface area contributed by atoms with Crippen LogP contribution in [0.15, 0.2) is 0 Å². The molecule has 0 radical (unpaired) electrons. The van der Waals surface area contributed by atoms with Crippen molar-refractivity contribution in [3.63, 3.8) is 0 Å². The van der Waals surface area contributed by atoms with Crippen LogP contribution < -0.4 is 0 Å². The fourth-order valence-electron chi connectivity index (χ4n) is 1.33. The second-order valence-electron chi connectivity index (χ2n) is 3.14. The number of alkyl halides is 3. The molecule has 0 saturated heterocycles. The molecule has 1 aliphatic rings. The van der Waals surface area contributed by atoms with Crippen molar-refractivity contribution in [2.45, 2.75) is 37.1 Å². The number of rotatable bonds is 3. The van der Waals surface area contributed by atoms with E-state index >= 15 is 0 Å². The highest BCUT2D eigenvalue weighted by atomic mass is 32.2. The van der Waals surface area contributed by atoms with Crippen molar-refractivity contribution in [3.05, 3.63) is 0 Å². The van der Waals surface area contributed by atoms with Gasteiger partial charge in [-0.15, -0.1) is 0 Å². The summed E-state index contributed by atoms with van der Waals surface area (Å²) < 4.78 is 35.3. The number of ketones is 1. The van der Waals surface area contributed by atoms with Crippen molar-refractivity contribution >= 4 is 17.5 Å². The van der Waals surface area contributed by atoms with Crippen LogP contribution >= 0.6 is 11.8 Å². The molecule has 0 heterocycles. The maximum atomic E-state index is 11.8. The van der Waals surface area contributed by atoms with Gasteiger partial charge in [-0.25, -0.2) is 0 Å². The predicted octanol–water partition coefficient (Wildman–Crippen LogP) is 2.79. The van der Waals surface area contributed by atoms with Gasteiger partial charge in [-0.05, 0) is 12.8 Å². The third-order valence-electron chi connectivity index (χ3n) is 2.07. The van der Waals surface area contributed by atoms with Crippen molar-refractivity contribution in [2.24, 2.45) is 0 Å². The van der Waals surface area contributed by atoms with Crippen molar-refractivity contribution in [1.29, 1.82) is 0 Å². The first-order valence-electron chi connectivity index (χ1n) is 4.22. The zero-order chi connectivity index (χ0) is 9.90. The van der Waals surface area contributed by atoms with E-state index in [1.54, 1.807) is 0 Å². The first-order valence-corrected chi connectivity index (χ1v) is 5.26. The largest absolute Gasteiger partial charge is 0.450 e. The lowest BCUT2D eigenvalue weighted by Gasteiger charge is -2.08. The van der Waals surface area contributed by atoms with Gasteiger partial charge in [-0.1, -0.05) is 12.8 Å². The van der Waals surface area contributed by atoms with Crippen LogP contribution in [0.1, 0.15) is 25.7 Å². The minimum absolute atomic E-state index is 0.270. The van der Waals surface area contributed by atoms with Crippen LogP contribution in [-0.2, 0) is 4.79 Å². The SMILES string of the molecule is O=C(CSC1CCCC1)C(F)(F)F. The topological polar surface area (TPSA) is 17.1 Å². The van der Waals surface area contributed by atoms with Gasteiger partial charge in [0.05, 0.1) is 5.75 Å². The molecule has 1 aliphatic carbocycles. The minimum atomic E-state index is -4.65. The van der Waals surface area contributed by atoms with E-state index in [2.05, 4.69) is 0 Å². The molecule has 1 saturated carbocycles. The Morgan fingerprint density at radius 1 is 1.31 bits per heavy atom. The van der Waals surface area contributed by atoms with Crippen molar-refractivity contribution in [3.8, 4) is 0 Å². The third-order valence-corrected chi connectivity index (χ3v) is 3.44. The Balaban J connectivity index is 2.22. The quantitative estimate of drug-likeness (QED) is 0.715. The molecule has 0 N–H and O–H groups in total. The second kappa shape index (κ2) is 4.35. The highest BCUT2D eigenvalue weighted by molar-refractivity contribution is 8.00. The van der Waals surface area contributed by atoms with Crippen LogP contribution in [0.25, 0.3) is 0 Å². The van der Waals surface area contributed by atoms with Crippen LogP contribution in [0.2, 0.25) is 0 Å². The van der Waals surface area contributed by atoms with Crippen LogP contribution in [0.3, 0.4) is 0 Å². The fraction of sp³-hybridized carbons (Fsp3) is 0.875. The maximum absolute atomic E-state index is 11.8. The lowest BCUT2D eigenvalue weighted by molar-refractivity contribution is -0.167. The molecule has 1 rings (SSSR count). The van der Waals surface area contributed by atoms with Gasteiger partial charge in [0, 0.05) is 5.25 Å². The first-order chi connectivity index (χ1) is 6.00. The second-order valence-corrected chi connectivity index (χ2v) is 4.43. The van der Waals surface area contributed by atoms with Crippen molar-refractivity contribution in [2.75, 3.05) is 5.75 Å². The van der Waals surface area contributed by atoms with Gasteiger partial charge >= 0.3 is 6.18 Å². The summed E-state index contributed by atoms with van der Waals surface area (Å²) in [6.45, 7) is 0. The minimum Gasteiger partial charge on any atom is -0.289 e. The molecule has 1 fully saturated rings. The molecule has 76 valence electrons. The van der Waals surface area contributed by atoms with Gasteiger partial charge in [-0.3, -0.25) is 4.79 Å². The van der Waals surface area contributed by atoms with Gasteiger partial charge in [-0.2, -0.15) is 24.9 Å². The molecule has 0 aromatic carbocycles. The Morgan fingerprint density at radius 3 is 2.31 bits per heavy atom. The molecule has 0 aromatic heterocycles. The Labute approximate surface area is 79.1 Å². The van der Waals surface area contributed by atoms with E-state index in [-0.39, 0.29) is 5.25 Å². The van der Waals surface area contributed by atoms with Crippen LogP contribution in [-0.4, -0.2) is 23.0 Å². The van der Waals surface area contributed by atoms with Crippen molar-refractivity contribution in [1.82, 2.24) is 0 Å². The van der Waals surface area contributed by atoms with Crippen LogP contribution in [0, 0.1) is 0 Å². The zero-order valence-electron chi connectivity index (χ0n) is 7.06. The summed E-state index contributed by atoms with van der Waals surface area (Å²) in [5, 5.41) is 0.270. The van der Waals surface area contributed by atoms with E-state index in [4.69, 9.17) is 0 Å². The maximum Gasteiger partial charge on any atom is 0.450 e. The van der Waals surface area contributed by atoms with E-state index in [9.17, 15) is 18.0 Å². The Bertz CT molecular complexity index is 184. The van der Waals surface area contributed by atoms with E-state index in [1.807, 2.05) is 0 Å². The summed E-state index contributed by atoms with van der Waals surface area (Å²) in [6.07, 6.45) is -0.576. The number of halogens is 3. The van der Waals surface area contributed by atoms with Gasteiger partial charge in [0.1, 0.15) is 0 Å². The van der Waals surface area contributed by atoms with Gasteiger partial charge in [0.15, 0.2) is 0 Å². The fourth-order valence-corrected chi connectivity index (χ4v) is 2.55. The molecule has 0 atom stereocenters. The summed E-state index contributed by atoms with van der Waals surface area (Å²) in [7, 11) is 0. The lowest BCUT2D eigenvalue weighted by atomic mass is 10.4. The van der Waals surface area contributed by atoms with Crippen LogP contribution in [0.4, 0.5) is 13.2 Å². The molecule has 0 aromatic rings. The van der Waals surface area contributed by atoms with E-state index < -0.39 is 17.7 Å². The van der Waals surface area contributed by atoms with Gasteiger partial charge in [0.2, 0.25) is 5.78 Å². The van der Waals surface area contributed by atoms with E-state index in [0.717, 1.165) is 37.4 Å². The molecule has 0 bridgehead atoms. The summed E-state index contributed by atoms with van der Waals surface area (Å²) in [4.78, 5) is 10.5. The normalized spacial score (nSPS) is 19.3. The molecule has 1 nitrogen and oxygen atoms in total. The molecular formula is C8H11F3OS. The molecule has 0 aliphatic heterocycles. The molecule has 0 spiro atoms. The molecule has 0 amide bonds. The molecule has 13 heavy (non-hydrogen) atoms. The Morgan fingerprint density at radius 2 is 1.85 bits per heavy atom.